The van der Waals surface area contributed by atoms with E-state index in [1.54, 1.807) is 6.07 Å². The molecule has 18 heavy (non-hydrogen) atoms. The van der Waals surface area contributed by atoms with E-state index in [0.29, 0.717) is 24.3 Å². The summed E-state index contributed by atoms with van der Waals surface area (Å²) in [5, 5.41) is 14.3. The minimum atomic E-state index is -0.459. The number of rotatable bonds is 5. The molecule has 2 rings (SSSR count). The summed E-state index contributed by atoms with van der Waals surface area (Å²) in [5.41, 5.74) is 0.779. The van der Waals surface area contributed by atoms with Gasteiger partial charge >= 0.3 is 0 Å². The Labute approximate surface area is 110 Å². The lowest BCUT2D eigenvalue weighted by molar-refractivity contribution is -0.384. The van der Waals surface area contributed by atoms with Gasteiger partial charge in [0.25, 0.3) is 5.69 Å². The Balaban J connectivity index is 1.87. The van der Waals surface area contributed by atoms with Gasteiger partial charge in [-0.1, -0.05) is 11.6 Å². The van der Waals surface area contributed by atoms with E-state index in [-0.39, 0.29) is 5.69 Å². The van der Waals surface area contributed by atoms with E-state index in [1.165, 1.54) is 18.6 Å². The Bertz CT molecular complexity index is 433. The Kier molecular flexibility index (Phi) is 4.52. The third-order valence-electron chi connectivity index (χ3n) is 2.99. The quantitative estimate of drug-likeness (QED) is 0.660. The SMILES string of the molecule is O=[N+]([O-])c1ccc(COCC2CCCN2)c(Cl)c1. The number of hydrogen-bond acceptors (Lipinski definition) is 4. The summed E-state index contributed by atoms with van der Waals surface area (Å²) in [6.07, 6.45) is 2.32. The number of benzene rings is 1. The highest BCUT2D eigenvalue weighted by Gasteiger charge is 2.14. The standard InChI is InChI=1S/C12H15ClN2O3/c13-12-6-11(15(16)17)4-3-9(12)7-18-8-10-2-1-5-14-10/h3-4,6,10,14H,1-2,5,7-8H2. The molecule has 6 heteroatoms. The molecule has 0 radical (unpaired) electrons. The minimum absolute atomic E-state index is 0.00112. The predicted molar refractivity (Wildman–Crippen MR) is 68.8 cm³/mol. The van der Waals surface area contributed by atoms with Crippen molar-refractivity contribution in [1.29, 1.82) is 0 Å². The van der Waals surface area contributed by atoms with Crippen LogP contribution in [0.1, 0.15) is 18.4 Å². The molecular weight excluding hydrogens is 256 g/mol. The molecule has 1 heterocycles. The molecule has 0 amide bonds. The van der Waals surface area contributed by atoms with Gasteiger partial charge in [0.05, 0.1) is 23.2 Å². The molecule has 5 nitrogen and oxygen atoms in total. The molecule has 1 N–H and O–H groups in total. The highest BCUT2D eigenvalue weighted by Crippen LogP contribution is 2.23. The molecule has 1 aliphatic rings. The van der Waals surface area contributed by atoms with Crippen molar-refractivity contribution in [3.8, 4) is 0 Å². The van der Waals surface area contributed by atoms with Crippen molar-refractivity contribution < 1.29 is 9.66 Å². The van der Waals surface area contributed by atoms with Crippen LogP contribution < -0.4 is 5.32 Å². The first-order chi connectivity index (χ1) is 8.66. The average molecular weight is 271 g/mol. The third kappa shape index (κ3) is 3.41. The van der Waals surface area contributed by atoms with Crippen LogP contribution in [-0.4, -0.2) is 24.1 Å². The largest absolute Gasteiger partial charge is 0.375 e. The maximum absolute atomic E-state index is 10.6. The van der Waals surface area contributed by atoms with Gasteiger partial charge in [-0.2, -0.15) is 0 Å². The number of non-ortho nitro benzene ring substituents is 1. The molecule has 1 fully saturated rings. The summed E-state index contributed by atoms with van der Waals surface area (Å²) in [5.74, 6) is 0. The van der Waals surface area contributed by atoms with Gasteiger partial charge in [0.2, 0.25) is 0 Å². The maximum atomic E-state index is 10.6. The fraction of sp³-hybridized carbons (Fsp3) is 0.500. The second-order valence-corrected chi connectivity index (χ2v) is 4.75. The zero-order valence-corrected chi connectivity index (χ0v) is 10.7. The molecule has 0 aromatic heterocycles. The molecule has 0 aliphatic carbocycles. The molecule has 98 valence electrons. The van der Waals surface area contributed by atoms with Crippen molar-refractivity contribution in [3.05, 3.63) is 38.9 Å². The highest BCUT2D eigenvalue weighted by molar-refractivity contribution is 6.31. The van der Waals surface area contributed by atoms with E-state index >= 15 is 0 Å². The Morgan fingerprint density at radius 1 is 1.56 bits per heavy atom. The van der Waals surface area contributed by atoms with Crippen LogP contribution in [0.15, 0.2) is 18.2 Å². The smallest absolute Gasteiger partial charge is 0.270 e. The van der Waals surface area contributed by atoms with Crippen molar-refractivity contribution in [1.82, 2.24) is 5.32 Å². The van der Waals surface area contributed by atoms with E-state index in [4.69, 9.17) is 16.3 Å². The van der Waals surface area contributed by atoms with Crippen molar-refractivity contribution in [2.75, 3.05) is 13.2 Å². The van der Waals surface area contributed by atoms with Crippen LogP contribution in [0.4, 0.5) is 5.69 Å². The lowest BCUT2D eigenvalue weighted by Crippen LogP contribution is -2.26. The van der Waals surface area contributed by atoms with Crippen LogP contribution in [0.25, 0.3) is 0 Å². The van der Waals surface area contributed by atoms with Crippen molar-refractivity contribution in [2.24, 2.45) is 0 Å². The first-order valence-electron chi connectivity index (χ1n) is 5.91. The molecule has 1 aromatic carbocycles. The van der Waals surface area contributed by atoms with Gasteiger partial charge in [-0.15, -0.1) is 0 Å². The van der Waals surface area contributed by atoms with Gasteiger partial charge in [0.15, 0.2) is 0 Å². The molecule has 1 saturated heterocycles. The Morgan fingerprint density at radius 3 is 3.00 bits per heavy atom. The van der Waals surface area contributed by atoms with Gasteiger partial charge in [-0.25, -0.2) is 0 Å². The average Bonchev–Trinajstić information content (AvgIpc) is 2.84. The van der Waals surface area contributed by atoms with Gasteiger partial charge in [-0.3, -0.25) is 10.1 Å². The zero-order chi connectivity index (χ0) is 13.0. The number of nitrogens with one attached hydrogen (secondary N) is 1. The molecule has 1 unspecified atom stereocenters. The van der Waals surface area contributed by atoms with Crippen molar-refractivity contribution in [2.45, 2.75) is 25.5 Å². The highest BCUT2D eigenvalue weighted by atomic mass is 35.5. The number of nitro groups is 1. The normalized spacial score (nSPS) is 19.1. The number of halogens is 1. The zero-order valence-electron chi connectivity index (χ0n) is 9.89. The fourth-order valence-electron chi connectivity index (χ4n) is 1.98. The van der Waals surface area contributed by atoms with Crippen molar-refractivity contribution in [3.63, 3.8) is 0 Å². The Morgan fingerprint density at radius 2 is 2.39 bits per heavy atom. The maximum Gasteiger partial charge on any atom is 0.270 e. The van der Waals surface area contributed by atoms with Crippen molar-refractivity contribution >= 4 is 17.3 Å². The van der Waals surface area contributed by atoms with E-state index in [2.05, 4.69) is 5.32 Å². The van der Waals surface area contributed by atoms with Gasteiger partial charge in [-0.05, 0) is 31.0 Å². The van der Waals surface area contributed by atoms with Crippen LogP contribution >= 0.6 is 11.6 Å². The Hall–Kier alpha value is -1.17. The molecule has 1 atom stereocenters. The van der Waals surface area contributed by atoms with E-state index in [1.807, 2.05) is 0 Å². The second kappa shape index (κ2) is 6.13. The number of nitro benzene ring substituents is 1. The third-order valence-corrected chi connectivity index (χ3v) is 3.34. The predicted octanol–water partition coefficient (Wildman–Crippen LogP) is 2.52. The van der Waals surface area contributed by atoms with E-state index < -0.39 is 4.92 Å². The number of hydrogen-bond donors (Lipinski definition) is 1. The number of nitrogens with zero attached hydrogens (tertiary/aromatic N) is 1. The van der Waals surface area contributed by atoms with Gasteiger partial charge in [0, 0.05) is 18.2 Å². The van der Waals surface area contributed by atoms with Gasteiger partial charge < -0.3 is 10.1 Å². The molecule has 0 saturated carbocycles. The molecule has 1 aliphatic heterocycles. The lowest BCUT2D eigenvalue weighted by Gasteiger charge is -2.11. The first-order valence-corrected chi connectivity index (χ1v) is 6.28. The lowest BCUT2D eigenvalue weighted by atomic mass is 10.2. The summed E-state index contributed by atoms with van der Waals surface area (Å²) in [6, 6.07) is 4.86. The summed E-state index contributed by atoms with van der Waals surface area (Å²) in [4.78, 5) is 10.1. The first kappa shape index (κ1) is 13.3. The minimum Gasteiger partial charge on any atom is -0.375 e. The summed E-state index contributed by atoms with van der Waals surface area (Å²) >= 11 is 5.97. The second-order valence-electron chi connectivity index (χ2n) is 4.34. The van der Waals surface area contributed by atoms with Crippen LogP contribution in [0.2, 0.25) is 5.02 Å². The van der Waals surface area contributed by atoms with E-state index in [9.17, 15) is 10.1 Å². The van der Waals surface area contributed by atoms with Gasteiger partial charge in [0.1, 0.15) is 0 Å². The fourth-order valence-corrected chi connectivity index (χ4v) is 2.21. The summed E-state index contributed by atoms with van der Waals surface area (Å²) in [6.45, 7) is 2.08. The molecule has 0 spiro atoms. The van der Waals surface area contributed by atoms with Crippen LogP contribution in [0.5, 0.6) is 0 Å². The topological polar surface area (TPSA) is 64.4 Å². The molecular formula is C12H15ClN2O3. The monoisotopic (exact) mass is 270 g/mol. The summed E-state index contributed by atoms with van der Waals surface area (Å²) < 4.78 is 5.57. The van der Waals surface area contributed by atoms with Crippen LogP contribution in [-0.2, 0) is 11.3 Å². The van der Waals surface area contributed by atoms with Crippen LogP contribution in [0.3, 0.4) is 0 Å². The molecule has 1 aromatic rings. The molecule has 0 bridgehead atoms. The van der Waals surface area contributed by atoms with E-state index in [0.717, 1.165) is 18.5 Å². The van der Waals surface area contributed by atoms with Crippen LogP contribution in [0, 0.1) is 10.1 Å². The summed E-state index contributed by atoms with van der Waals surface area (Å²) in [7, 11) is 0. The number of ether oxygens (including phenoxy) is 1.